The van der Waals surface area contributed by atoms with Crippen LogP contribution in [0.2, 0.25) is 0 Å². The maximum atomic E-state index is 11.9. The molecule has 1 heterocycles. The Balaban J connectivity index is 2.59. The Morgan fingerprint density at radius 3 is 2.95 bits per heavy atom. The van der Waals surface area contributed by atoms with Gasteiger partial charge in [0.05, 0.1) is 6.61 Å². The van der Waals surface area contributed by atoms with Crippen LogP contribution in [0.1, 0.15) is 20.3 Å². The summed E-state index contributed by atoms with van der Waals surface area (Å²) < 4.78 is 38.8. The van der Waals surface area contributed by atoms with Crippen molar-refractivity contribution in [3.05, 3.63) is 11.4 Å². The van der Waals surface area contributed by atoms with Crippen LogP contribution in [0.4, 0.5) is 0 Å². The molecule has 1 rings (SSSR count). The van der Waals surface area contributed by atoms with Gasteiger partial charge in [0.1, 0.15) is 20.1 Å². The zero-order valence-corrected chi connectivity index (χ0v) is 13.6. The predicted octanol–water partition coefficient (Wildman–Crippen LogP) is 0.406. The SMILES string of the molecule is [B][C@H]1C[C@H](O[P+](=O)C(C)=CC)[C@@H](COP(=O)(O)NNN)O1. The molecule has 1 fully saturated rings. The van der Waals surface area contributed by atoms with Crippen molar-refractivity contribution >= 4 is 23.6 Å². The molecule has 0 amide bonds. The summed E-state index contributed by atoms with van der Waals surface area (Å²) in [6.45, 7) is 3.16. The van der Waals surface area contributed by atoms with Gasteiger partial charge in [-0.05, 0) is 24.0 Å². The van der Waals surface area contributed by atoms with Crippen LogP contribution >= 0.6 is 15.8 Å². The number of nitrogens with one attached hydrogen (secondary N) is 2. The fourth-order valence-corrected chi connectivity index (χ4v) is 3.03. The molecule has 118 valence electrons. The van der Waals surface area contributed by atoms with Gasteiger partial charge in [0, 0.05) is 12.9 Å². The maximum Gasteiger partial charge on any atom is 0.543 e. The van der Waals surface area contributed by atoms with Crippen molar-refractivity contribution in [3.63, 3.8) is 0 Å². The summed E-state index contributed by atoms with van der Waals surface area (Å²) in [7, 11) is -0.450. The fraction of sp³-hybridized carbons (Fsp3) is 0.778. The highest BCUT2D eigenvalue weighted by Crippen LogP contribution is 2.40. The smallest absolute Gasteiger partial charge is 0.379 e. The van der Waals surface area contributed by atoms with Crippen molar-refractivity contribution in [1.29, 1.82) is 0 Å². The second kappa shape index (κ2) is 8.48. The van der Waals surface area contributed by atoms with E-state index >= 15 is 0 Å². The third-order valence-electron chi connectivity index (χ3n) is 2.79. The Bertz CT molecular complexity index is 451. The van der Waals surface area contributed by atoms with E-state index in [4.69, 9.17) is 27.5 Å². The first-order chi connectivity index (χ1) is 9.79. The van der Waals surface area contributed by atoms with Crippen LogP contribution in [-0.2, 0) is 22.9 Å². The van der Waals surface area contributed by atoms with Crippen molar-refractivity contribution in [2.24, 2.45) is 5.84 Å². The van der Waals surface area contributed by atoms with Gasteiger partial charge in [0.15, 0.2) is 5.31 Å². The minimum atomic E-state index is -4.10. The van der Waals surface area contributed by atoms with Crippen molar-refractivity contribution < 1.29 is 27.8 Å². The number of hydrogen-bond donors (Lipinski definition) is 4. The van der Waals surface area contributed by atoms with Gasteiger partial charge < -0.3 is 9.63 Å². The lowest BCUT2D eigenvalue weighted by molar-refractivity contribution is 0.00939. The van der Waals surface area contributed by atoms with Gasteiger partial charge in [0.2, 0.25) is 0 Å². The minimum Gasteiger partial charge on any atom is -0.379 e. The molecule has 21 heavy (non-hydrogen) atoms. The predicted molar refractivity (Wildman–Crippen MR) is 77.2 cm³/mol. The van der Waals surface area contributed by atoms with E-state index in [2.05, 4.69) is 0 Å². The Labute approximate surface area is 125 Å². The molecule has 5 atom stereocenters. The first kappa shape index (κ1) is 18.9. The molecule has 0 spiro atoms. The maximum absolute atomic E-state index is 11.9. The monoisotopic (exact) mass is 338 g/mol. The van der Waals surface area contributed by atoms with Crippen LogP contribution in [0, 0.1) is 0 Å². The first-order valence-corrected chi connectivity index (χ1v) is 8.92. The molecule has 9 nitrogen and oxygen atoms in total. The molecule has 0 bridgehead atoms. The highest BCUT2D eigenvalue weighted by atomic mass is 31.2. The molecular weight excluding hydrogens is 319 g/mol. The molecule has 0 aliphatic carbocycles. The van der Waals surface area contributed by atoms with E-state index in [1.807, 2.05) is 10.7 Å². The van der Waals surface area contributed by atoms with Crippen LogP contribution in [0.25, 0.3) is 0 Å². The van der Waals surface area contributed by atoms with Crippen molar-refractivity contribution in [2.45, 2.75) is 38.5 Å². The molecule has 0 aromatic carbocycles. The highest BCUT2D eigenvalue weighted by molar-refractivity contribution is 7.50. The molecule has 2 unspecified atom stereocenters. The lowest BCUT2D eigenvalue weighted by atomic mass is 9.96. The number of nitrogens with two attached hydrogens (primary N) is 1. The van der Waals surface area contributed by atoms with E-state index in [0.717, 1.165) is 0 Å². The number of ether oxygens (including phenoxy) is 1. The second-order valence-corrected chi connectivity index (χ2v) is 7.31. The van der Waals surface area contributed by atoms with Crippen molar-refractivity contribution in [1.82, 2.24) is 10.7 Å². The molecule has 1 aliphatic heterocycles. The van der Waals surface area contributed by atoms with Gasteiger partial charge in [-0.25, -0.2) is 4.57 Å². The van der Waals surface area contributed by atoms with Crippen LogP contribution < -0.4 is 16.6 Å². The second-order valence-electron chi connectivity index (χ2n) is 4.35. The summed E-state index contributed by atoms with van der Waals surface area (Å²) in [6, 6.07) is -0.614. The number of rotatable bonds is 8. The average Bonchev–Trinajstić information content (AvgIpc) is 2.75. The fourth-order valence-electron chi connectivity index (χ4n) is 1.61. The lowest BCUT2D eigenvalue weighted by Crippen LogP contribution is -2.36. The van der Waals surface area contributed by atoms with Crippen LogP contribution in [0.5, 0.6) is 0 Å². The third-order valence-corrected chi connectivity index (χ3v) is 4.99. The Hall–Kier alpha value is -0.145. The van der Waals surface area contributed by atoms with Crippen LogP contribution in [-0.4, -0.2) is 37.6 Å². The van der Waals surface area contributed by atoms with Gasteiger partial charge in [-0.2, -0.15) is 5.53 Å². The number of allylic oxidation sites excluding steroid dienone is 2. The Morgan fingerprint density at radius 2 is 2.38 bits per heavy atom. The molecule has 0 aromatic heterocycles. The van der Waals surface area contributed by atoms with Crippen molar-refractivity contribution in [3.8, 4) is 0 Å². The van der Waals surface area contributed by atoms with E-state index in [1.165, 1.54) is 0 Å². The summed E-state index contributed by atoms with van der Waals surface area (Å²) in [6.07, 6.45) is 0.691. The van der Waals surface area contributed by atoms with Crippen LogP contribution in [0.15, 0.2) is 11.4 Å². The minimum absolute atomic E-state index is 0.265. The average molecular weight is 338 g/mol. The Morgan fingerprint density at radius 1 is 1.71 bits per heavy atom. The van der Waals surface area contributed by atoms with Gasteiger partial charge in [0.25, 0.3) is 0 Å². The molecule has 1 saturated heterocycles. The van der Waals surface area contributed by atoms with E-state index in [1.54, 1.807) is 19.9 Å². The molecule has 5 N–H and O–H groups in total. The van der Waals surface area contributed by atoms with Gasteiger partial charge in [-0.1, -0.05) is 0 Å². The van der Waals surface area contributed by atoms with E-state index < -0.39 is 34.0 Å². The van der Waals surface area contributed by atoms with E-state index in [0.29, 0.717) is 11.7 Å². The normalized spacial score (nSPS) is 30.2. The van der Waals surface area contributed by atoms with Gasteiger partial charge >= 0.3 is 15.8 Å². The largest absolute Gasteiger partial charge is 0.543 e. The molecule has 2 radical (unpaired) electrons. The molecular formula is C9H19BN3O6P2+. The number of hydrazine groups is 2. The number of hydrogen-bond acceptors (Lipinski definition) is 7. The standard InChI is InChI=1S/C9H18BN3O6P2/c1-3-6(2)20(14)19-7-4-9(10)18-8(7)5-17-21(15,16)13-12-11/h3,7-9,12H,4-5,11H2,1-2H3,(H-,13,15,16)/p+1/t7-,8+,9+/m0/s1. The van der Waals surface area contributed by atoms with E-state index in [-0.39, 0.29) is 6.61 Å². The van der Waals surface area contributed by atoms with Gasteiger partial charge in [-0.15, -0.1) is 9.72 Å². The van der Waals surface area contributed by atoms with E-state index in [9.17, 15) is 14.0 Å². The zero-order chi connectivity index (χ0) is 16.0. The lowest BCUT2D eigenvalue weighted by Gasteiger charge is -2.17. The molecule has 0 saturated carbocycles. The zero-order valence-electron chi connectivity index (χ0n) is 11.8. The van der Waals surface area contributed by atoms with Crippen LogP contribution in [0.3, 0.4) is 0 Å². The third kappa shape index (κ3) is 6.24. The summed E-state index contributed by atoms with van der Waals surface area (Å²) in [5.74, 6) is 4.87. The summed E-state index contributed by atoms with van der Waals surface area (Å²) >= 11 is 0. The Kier molecular flexibility index (Phi) is 7.63. The summed E-state index contributed by atoms with van der Waals surface area (Å²) in [5.41, 5.74) is 1.82. The molecule has 0 aromatic rings. The van der Waals surface area contributed by atoms with Crippen molar-refractivity contribution in [2.75, 3.05) is 6.61 Å². The highest BCUT2D eigenvalue weighted by Gasteiger charge is 2.41. The quantitative estimate of drug-likeness (QED) is 0.215. The first-order valence-electron chi connectivity index (χ1n) is 6.17. The molecule has 12 heteroatoms. The summed E-state index contributed by atoms with van der Waals surface area (Å²) in [4.78, 5) is 9.32. The summed E-state index contributed by atoms with van der Waals surface area (Å²) in [5, 5.41) is 2.45. The topological polar surface area (TPSA) is 132 Å². The molecule has 1 aliphatic rings. The van der Waals surface area contributed by atoms with Gasteiger partial charge in [-0.3, -0.25) is 10.4 Å².